The van der Waals surface area contributed by atoms with E-state index >= 15 is 0 Å². The third kappa shape index (κ3) is 8.24. The number of rotatable bonds is 9. The molecule has 1 N–H and O–H groups in total. The number of furan rings is 1. The first-order valence-corrected chi connectivity index (χ1v) is 27.3. The molecule has 380 valence electrons. The van der Waals surface area contributed by atoms with Crippen molar-refractivity contribution in [3.63, 3.8) is 0 Å². The monoisotopic (exact) mass is 1040 g/mol. The lowest BCUT2D eigenvalue weighted by Gasteiger charge is -2.21. The highest BCUT2D eigenvalue weighted by Gasteiger charge is 2.26. The Morgan fingerprint density at radius 3 is 1.31 bits per heavy atom. The molecular formula is C75H49N5O. The van der Waals surface area contributed by atoms with Crippen LogP contribution < -0.4 is 0 Å². The van der Waals surface area contributed by atoms with Gasteiger partial charge < -0.3 is 13.6 Å². The molecule has 0 unspecified atom stereocenters. The Morgan fingerprint density at radius 1 is 0.358 bits per heavy atom. The molecule has 0 saturated heterocycles. The summed E-state index contributed by atoms with van der Waals surface area (Å²) >= 11 is 0. The van der Waals surface area contributed by atoms with Crippen molar-refractivity contribution in [2.24, 2.45) is 9.98 Å². The van der Waals surface area contributed by atoms with Crippen LogP contribution in [0.3, 0.4) is 0 Å². The van der Waals surface area contributed by atoms with E-state index in [9.17, 15) is 5.41 Å². The number of aromatic nitrogens is 2. The first-order valence-electron chi connectivity index (χ1n) is 27.3. The van der Waals surface area contributed by atoms with Crippen LogP contribution in [0.5, 0.6) is 0 Å². The minimum absolute atomic E-state index is 0.0843. The zero-order valence-corrected chi connectivity index (χ0v) is 43.9. The number of nitrogens with zero attached hydrogens (tertiary/aromatic N) is 4. The molecule has 6 nitrogen and oxygen atoms in total. The summed E-state index contributed by atoms with van der Waals surface area (Å²) in [5.74, 6) is 0.513. The Kier molecular flexibility index (Phi) is 11.6. The fourth-order valence-electron chi connectivity index (χ4n) is 12.0. The second-order valence-corrected chi connectivity index (χ2v) is 20.5. The molecule has 0 fully saturated rings. The average molecular weight is 1040 g/mol. The highest BCUT2D eigenvalue weighted by Crippen LogP contribution is 2.47. The predicted molar refractivity (Wildman–Crippen MR) is 338 cm³/mol. The number of nitrogens with one attached hydrogen (secondary N) is 1. The molecule has 81 heavy (non-hydrogen) atoms. The van der Waals surface area contributed by atoms with Crippen molar-refractivity contribution in [2.45, 2.75) is 0 Å². The Morgan fingerprint density at radius 2 is 0.790 bits per heavy atom. The third-order valence-electron chi connectivity index (χ3n) is 15.6. The van der Waals surface area contributed by atoms with Gasteiger partial charge in [-0.25, -0.2) is 9.98 Å². The third-order valence-corrected chi connectivity index (χ3v) is 15.6. The molecule has 15 aromatic rings. The number of fused-ring (bicyclic) bond motifs is 11. The van der Waals surface area contributed by atoms with Crippen LogP contribution in [0.15, 0.2) is 300 Å². The highest BCUT2D eigenvalue weighted by molar-refractivity contribution is 6.29. The molecule has 0 bridgehead atoms. The molecule has 0 radical (unpaired) electrons. The lowest BCUT2D eigenvalue weighted by atomic mass is 9.92. The number of aliphatic imine (C=N–C) groups is 2. The minimum atomic E-state index is 0.0843. The molecular weight excluding hydrogens is 987 g/mol. The lowest BCUT2D eigenvalue weighted by Crippen LogP contribution is -2.07. The van der Waals surface area contributed by atoms with Gasteiger partial charge in [0, 0.05) is 55.7 Å². The summed E-state index contributed by atoms with van der Waals surface area (Å²) in [6, 6.07) is 99.5. The number of hydrogen-bond donors (Lipinski definition) is 1. The number of para-hydroxylation sites is 3. The van der Waals surface area contributed by atoms with Crippen LogP contribution in [0.1, 0.15) is 16.7 Å². The molecule has 0 atom stereocenters. The highest BCUT2D eigenvalue weighted by atomic mass is 16.3. The van der Waals surface area contributed by atoms with Crippen molar-refractivity contribution >= 4 is 83.4 Å². The van der Waals surface area contributed by atoms with E-state index in [4.69, 9.17) is 14.4 Å². The van der Waals surface area contributed by atoms with E-state index in [1.54, 1.807) is 0 Å². The van der Waals surface area contributed by atoms with E-state index in [-0.39, 0.29) is 5.84 Å². The second-order valence-electron chi connectivity index (χ2n) is 20.5. The summed E-state index contributed by atoms with van der Waals surface area (Å²) in [5, 5.41) is 16.5. The summed E-state index contributed by atoms with van der Waals surface area (Å²) < 4.78 is 12.1. The van der Waals surface area contributed by atoms with Crippen LogP contribution in [0.25, 0.3) is 121 Å². The zero-order chi connectivity index (χ0) is 53.8. The van der Waals surface area contributed by atoms with Crippen LogP contribution in [0.2, 0.25) is 0 Å². The Hall–Kier alpha value is -11.0. The van der Waals surface area contributed by atoms with E-state index in [1.807, 2.05) is 60.8 Å². The second kappa shape index (κ2) is 19.8. The van der Waals surface area contributed by atoms with Gasteiger partial charge in [0.2, 0.25) is 0 Å². The first-order chi connectivity index (χ1) is 40.1. The van der Waals surface area contributed by atoms with Crippen LogP contribution in [0.4, 0.5) is 0 Å². The fourth-order valence-corrected chi connectivity index (χ4v) is 12.0. The quantitative estimate of drug-likeness (QED) is 0.114. The Balaban J connectivity index is 0.935. The first kappa shape index (κ1) is 47.3. The van der Waals surface area contributed by atoms with Gasteiger partial charge in [0.15, 0.2) is 11.7 Å². The minimum Gasteiger partial charge on any atom is -0.455 e. The lowest BCUT2D eigenvalue weighted by molar-refractivity contribution is 0.677. The number of hydrogen-bond acceptors (Lipinski definition) is 2. The molecule has 12 aromatic carbocycles. The van der Waals surface area contributed by atoms with Crippen molar-refractivity contribution in [1.29, 1.82) is 5.41 Å². The average Bonchev–Trinajstić information content (AvgIpc) is 3.64. The summed E-state index contributed by atoms with van der Waals surface area (Å²) in [5.41, 5.74) is 18.7. The van der Waals surface area contributed by atoms with Crippen molar-refractivity contribution in [3.8, 4) is 55.9 Å². The van der Waals surface area contributed by atoms with Crippen LogP contribution in [-0.2, 0) is 0 Å². The van der Waals surface area contributed by atoms with E-state index < -0.39 is 0 Å². The van der Waals surface area contributed by atoms with Gasteiger partial charge in [0.1, 0.15) is 11.2 Å². The molecule has 15 rings (SSSR count). The van der Waals surface area contributed by atoms with Gasteiger partial charge in [-0.15, -0.1) is 0 Å². The van der Waals surface area contributed by atoms with Crippen molar-refractivity contribution < 1.29 is 4.42 Å². The van der Waals surface area contributed by atoms with Crippen LogP contribution >= 0.6 is 0 Å². The van der Waals surface area contributed by atoms with Gasteiger partial charge in [0.05, 0.1) is 38.5 Å². The van der Waals surface area contributed by atoms with Crippen molar-refractivity contribution in [2.75, 3.05) is 0 Å². The molecule has 0 spiro atoms. The van der Waals surface area contributed by atoms with Crippen LogP contribution in [-0.4, -0.2) is 27.0 Å². The molecule has 3 heterocycles. The normalized spacial score (nSPS) is 12.0. The predicted octanol–water partition coefficient (Wildman–Crippen LogP) is 19.3. The van der Waals surface area contributed by atoms with Gasteiger partial charge in [-0.1, -0.05) is 206 Å². The SMILES string of the molecule is N=C(N=C(N=Cc1cc(-c2ccccc2)cc(-c2ccccc2)c1)c1ccccc1)c1cc(-c2ccccc2)c(-n2c3ccccc3c3c4oc5c(ccc6c5c5ccccc5n6-c5ccccc5)c4ccc32)c(-c2ccccc2)c1. The van der Waals surface area contributed by atoms with Gasteiger partial charge >= 0.3 is 0 Å². The number of benzene rings is 12. The van der Waals surface area contributed by atoms with E-state index in [1.165, 1.54) is 0 Å². The largest absolute Gasteiger partial charge is 0.455 e. The molecule has 3 aromatic heterocycles. The fraction of sp³-hybridized carbons (Fsp3) is 0. The Bertz CT molecular complexity index is 4840. The van der Waals surface area contributed by atoms with Gasteiger partial charge in [0.25, 0.3) is 0 Å². The smallest absolute Gasteiger partial charge is 0.161 e. The number of amidine groups is 2. The zero-order valence-electron chi connectivity index (χ0n) is 43.9. The summed E-state index contributed by atoms with van der Waals surface area (Å²) in [6.07, 6.45) is 1.87. The Labute approximate surface area is 467 Å². The molecule has 0 amide bonds. The summed E-state index contributed by atoms with van der Waals surface area (Å²) in [6.45, 7) is 0. The maximum absolute atomic E-state index is 10.0. The van der Waals surface area contributed by atoms with Crippen LogP contribution in [0, 0.1) is 5.41 Å². The molecule has 0 saturated carbocycles. The standard InChI is InChI=1S/C75H49N5O/c76-74(78-75(54-31-15-5-16-32-54)77-48-49-43-55(50-23-7-1-8-24-50)45-56(44-49)51-25-9-2-10-26-51)57-46-63(52-27-11-3-12-28-52)71(64(47-57)53-29-13-4-14-30-53)80-66-38-22-20-36-62(66)70-68(80)42-40-60-59-39-41-67-69(72(59)81-73(60)70)61-35-19-21-37-65(61)79(67)58-33-17-6-18-34-58/h1-48,76H. The van der Waals surface area contributed by atoms with E-state index in [2.05, 4.69) is 240 Å². The molecule has 0 aliphatic heterocycles. The molecule has 0 aliphatic carbocycles. The topological polar surface area (TPSA) is 71.6 Å². The molecule has 0 aliphatic rings. The maximum Gasteiger partial charge on any atom is 0.161 e. The van der Waals surface area contributed by atoms with Gasteiger partial charge in [-0.05, 0) is 118 Å². The van der Waals surface area contributed by atoms with E-state index in [0.717, 1.165) is 133 Å². The molecule has 6 heteroatoms. The summed E-state index contributed by atoms with van der Waals surface area (Å²) in [4.78, 5) is 10.3. The summed E-state index contributed by atoms with van der Waals surface area (Å²) in [7, 11) is 0. The van der Waals surface area contributed by atoms with E-state index in [0.29, 0.717) is 11.4 Å². The van der Waals surface area contributed by atoms with Gasteiger partial charge in [-0.2, -0.15) is 0 Å². The van der Waals surface area contributed by atoms with Crippen molar-refractivity contribution in [1.82, 2.24) is 9.13 Å². The van der Waals surface area contributed by atoms with Gasteiger partial charge in [-0.3, -0.25) is 5.41 Å². The maximum atomic E-state index is 10.0. The van der Waals surface area contributed by atoms with Crippen molar-refractivity contribution in [3.05, 3.63) is 302 Å².